The highest BCUT2D eigenvalue weighted by Gasteiger charge is 2.40. The third-order valence-corrected chi connectivity index (χ3v) is 4.09. The molecule has 0 saturated heterocycles. The summed E-state index contributed by atoms with van der Waals surface area (Å²) in [6, 6.07) is 10.3. The molecule has 1 heterocycles. The van der Waals surface area contributed by atoms with E-state index in [9.17, 15) is 5.11 Å². The van der Waals surface area contributed by atoms with Crippen LogP contribution in [0.4, 0.5) is 0 Å². The molecule has 1 aliphatic rings. The summed E-state index contributed by atoms with van der Waals surface area (Å²) in [5, 5.41) is 9.61. The Bertz CT molecular complexity index is 568. The second-order valence-corrected chi connectivity index (χ2v) is 5.42. The maximum Gasteiger partial charge on any atom is 0.137 e. The SMILES string of the molecule is Cc1ccc(-c2ccnc(C3(CO)CCC3)n2)cc1. The molecule has 1 aromatic carbocycles. The molecule has 3 rings (SSSR count). The number of aliphatic hydroxyl groups excluding tert-OH is 1. The van der Waals surface area contributed by atoms with Crippen molar-refractivity contribution in [2.75, 3.05) is 6.61 Å². The minimum atomic E-state index is -0.194. The van der Waals surface area contributed by atoms with E-state index in [-0.39, 0.29) is 12.0 Å². The molecule has 2 aromatic rings. The van der Waals surface area contributed by atoms with E-state index in [0.717, 1.165) is 36.3 Å². The van der Waals surface area contributed by atoms with Gasteiger partial charge in [0.1, 0.15) is 5.82 Å². The van der Waals surface area contributed by atoms with E-state index >= 15 is 0 Å². The molecule has 1 fully saturated rings. The first-order valence-corrected chi connectivity index (χ1v) is 6.75. The number of aliphatic hydroxyl groups is 1. The van der Waals surface area contributed by atoms with Crippen LogP contribution in [0.5, 0.6) is 0 Å². The molecule has 3 heteroatoms. The Morgan fingerprint density at radius 3 is 2.47 bits per heavy atom. The molecule has 19 heavy (non-hydrogen) atoms. The molecule has 0 spiro atoms. The van der Waals surface area contributed by atoms with Crippen LogP contribution in [0.15, 0.2) is 36.5 Å². The van der Waals surface area contributed by atoms with Gasteiger partial charge in [-0.15, -0.1) is 0 Å². The summed E-state index contributed by atoms with van der Waals surface area (Å²) in [6.45, 7) is 2.22. The van der Waals surface area contributed by atoms with Gasteiger partial charge in [-0.05, 0) is 25.8 Å². The van der Waals surface area contributed by atoms with E-state index in [1.54, 1.807) is 6.20 Å². The lowest BCUT2D eigenvalue weighted by Crippen LogP contribution is -2.39. The van der Waals surface area contributed by atoms with Crippen molar-refractivity contribution in [3.05, 3.63) is 47.9 Å². The lowest BCUT2D eigenvalue weighted by molar-refractivity contribution is 0.112. The molecule has 1 aliphatic carbocycles. The molecule has 3 nitrogen and oxygen atoms in total. The molecule has 1 saturated carbocycles. The number of aromatic nitrogens is 2. The predicted molar refractivity (Wildman–Crippen MR) is 74.8 cm³/mol. The van der Waals surface area contributed by atoms with E-state index in [0.29, 0.717) is 0 Å². The average molecular weight is 254 g/mol. The van der Waals surface area contributed by atoms with Crippen molar-refractivity contribution in [3.63, 3.8) is 0 Å². The molecular formula is C16H18N2O. The fraction of sp³-hybridized carbons (Fsp3) is 0.375. The minimum Gasteiger partial charge on any atom is -0.395 e. The van der Waals surface area contributed by atoms with Gasteiger partial charge in [0.25, 0.3) is 0 Å². The van der Waals surface area contributed by atoms with E-state index < -0.39 is 0 Å². The summed E-state index contributed by atoms with van der Waals surface area (Å²) in [4.78, 5) is 9.04. The number of rotatable bonds is 3. The maximum absolute atomic E-state index is 9.61. The topological polar surface area (TPSA) is 46.0 Å². The van der Waals surface area contributed by atoms with Crippen LogP contribution >= 0.6 is 0 Å². The summed E-state index contributed by atoms with van der Waals surface area (Å²) in [5.74, 6) is 0.791. The Morgan fingerprint density at radius 1 is 1.16 bits per heavy atom. The third kappa shape index (κ3) is 2.15. The Balaban J connectivity index is 1.98. The summed E-state index contributed by atoms with van der Waals surface area (Å²) in [7, 11) is 0. The van der Waals surface area contributed by atoms with E-state index in [4.69, 9.17) is 0 Å². The van der Waals surface area contributed by atoms with Crippen molar-refractivity contribution in [2.45, 2.75) is 31.6 Å². The van der Waals surface area contributed by atoms with Gasteiger partial charge < -0.3 is 5.11 Å². The quantitative estimate of drug-likeness (QED) is 0.916. The van der Waals surface area contributed by atoms with Crippen LogP contribution in [0.3, 0.4) is 0 Å². The van der Waals surface area contributed by atoms with Gasteiger partial charge in [0.2, 0.25) is 0 Å². The Kier molecular flexibility index (Phi) is 3.07. The van der Waals surface area contributed by atoms with Crippen LogP contribution in [0.1, 0.15) is 30.7 Å². The average Bonchev–Trinajstić information content (AvgIpc) is 2.39. The molecule has 0 unspecified atom stereocenters. The zero-order valence-corrected chi connectivity index (χ0v) is 11.1. The number of benzene rings is 1. The van der Waals surface area contributed by atoms with E-state index in [1.807, 2.05) is 6.07 Å². The van der Waals surface area contributed by atoms with Gasteiger partial charge in [-0.1, -0.05) is 36.2 Å². The van der Waals surface area contributed by atoms with Crippen molar-refractivity contribution < 1.29 is 5.11 Å². The number of hydrogen-bond acceptors (Lipinski definition) is 3. The normalized spacial score (nSPS) is 16.9. The van der Waals surface area contributed by atoms with Crippen LogP contribution in [0.25, 0.3) is 11.3 Å². The van der Waals surface area contributed by atoms with Crippen LogP contribution in [-0.2, 0) is 5.41 Å². The lowest BCUT2D eigenvalue weighted by Gasteiger charge is -2.38. The largest absolute Gasteiger partial charge is 0.395 e. The fourth-order valence-corrected chi connectivity index (χ4v) is 2.56. The molecular weight excluding hydrogens is 236 g/mol. The lowest BCUT2D eigenvalue weighted by atomic mass is 9.68. The second-order valence-electron chi connectivity index (χ2n) is 5.42. The first-order chi connectivity index (χ1) is 9.23. The van der Waals surface area contributed by atoms with Crippen molar-refractivity contribution in [2.24, 2.45) is 0 Å². The predicted octanol–water partition coefficient (Wildman–Crippen LogP) is 2.87. The first-order valence-electron chi connectivity index (χ1n) is 6.75. The van der Waals surface area contributed by atoms with Crippen LogP contribution in [-0.4, -0.2) is 21.7 Å². The van der Waals surface area contributed by atoms with Crippen molar-refractivity contribution in [3.8, 4) is 11.3 Å². The van der Waals surface area contributed by atoms with Gasteiger partial charge in [-0.2, -0.15) is 0 Å². The van der Waals surface area contributed by atoms with E-state index in [1.165, 1.54) is 5.56 Å². The summed E-state index contributed by atoms with van der Waals surface area (Å²) < 4.78 is 0. The maximum atomic E-state index is 9.61. The zero-order chi connectivity index (χ0) is 13.3. The summed E-state index contributed by atoms with van der Waals surface area (Å²) in [5.41, 5.74) is 3.08. The fourth-order valence-electron chi connectivity index (χ4n) is 2.56. The minimum absolute atomic E-state index is 0.143. The Labute approximate surface area is 113 Å². The highest BCUT2D eigenvalue weighted by Crippen LogP contribution is 2.41. The number of aryl methyl sites for hydroxylation is 1. The van der Waals surface area contributed by atoms with Crippen molar-refractivity contribution >= 4 is 0 Å². The standard InChI is InChI=1S/C16H18N2O/c1-12-3-5-13(6-4-12)14-7-10-17-15(18-14)16(11-19)8-2-9-16/h3-7,10,19H,2,8-9,11H2,1H3. The number of hydrogen-bond donors (Lipinski definition) is 1. The molecule has 0 amide bonds. The van der Waals surface area contributed by atoms with Crippen LogP contribution in [0, 0.1) is 6.92 Å². The Hall–Kier alpha value is -1.74. The molecule has 0 radical (unpaired) electrons. The van der Waals surface area contributed by atoms with E-state index in [2.05, 4.69) is 41.2 Å². The molecule has 1 aromatic heterocycles. The van der Waals surface area contributed by atoms with Crippen molar-refractivity contribution in [1.82, 2.24) is 9.97 Å². The van der Waals surface area contributed by atoms with Crippen molar-refractivity contribution in [1.29, 1.82) is 0 Å². The van der Waals surface area contributed by atoms with Gasteiger partial charge in [0.15, 0.2) is 0 Å². The monoisotopic (exact) mass is 254 g/mol. The summed E-state index contributed by atoms with van der Waals surface area (Å²) in [6.07, 6.45) is 4.92. The zero-order valence-electron chi connectivity index (χ0n) is 11.1. The molecule has 98 valence electrons. The second kappa shape index (κ2) is 4.74. The molecule has 1 N–H and O–H groups in total. The van der Waals surface area contributed by atoms with Crippen LogP contribution < -0.4 is 0 Å². The van der Waals surface area contributed by atoms with Gasteiger partial charge in [0, 0.05) is 11.8 Å². The van der Waals surface area contributed by atoms with Gasteiger partial charge >= 0.3 is 0 Å². The molecule has 0 atom stereocenters. The Morgan fingerprint density at radius 2 is 1.89 bits per heavy atom. The highest BCUT2D eigenvalue weighted by molar-refractivity contribution is 5.59. The van der Waals surface area contributed by atoms with Gasteiger partial charge in [-0.3, -0.25) is 0 Å². The first kappa shape index (κ1) is 12.3. The smallest absolute Gasteiger partial charge is 0.137 e. The molecule has 0 aliphatic heterocycles. The third-order valence-electron chi connectivity index (χ3n) is 4.09. The van der Waals surface area contributed by atoms with Gasteiger partial charge in [-0.25, -0.2) is 9.97 Å². The number of nitrogens with zero attached hydrogens (tertiary/aromatic N) is 2. The summed E-state index contributed by atoms with van der Waals surface area (Å²) >= 11 is 0. The molecule has 0 bridgehead atoms. The van der Waals surface area contributed by atoms with Crippen LogP contribution in [0.2, 0.25) is 0 Å². The van der Waals surface area contributed by atoms with Gasteiger partial charge in [0.05, 0.1) is 17.7 Å². The highest BCUT2D eigenvalue weighted by atomic mass is 16.3.